The van der Waals surface area contributed by atoms with Crippen LogP contribution in [0.1, 0.15) is 30.7 Å². The second-order valence-corrected chi connectivity index (χ2v) is 5.58. The third-order valence-electron chi connectivity index (χ3n) is 4.12. The lowest BCUT2D eigenvalue weighted by atomic mass is 9.89. The second-order valence-electron chi connectivity index (χ2n) is 5.21. The number of amides is 1. The van der Waals surface area contributed by atoms with Crippen LogP contribution in [0.15, 0.2) is 24.3 Å². The molecule has 1 saturated carbocycles. The summed E-state index contributed by atoms with van der Waals surface area (Å²) in [4.78, 5) is 14.7. The Kier molecular flexibility index (Phi) is 3.65. The van der Waals surface area contributed by atoms with Crippen LogP contribution in [0.2, 0.25) is 0 Å². The zero-order chi connectivity index (χ0) is 13.2. The number of hydrogen-bond acceptors (Lipinski definition) is 2. The van der Waals surface area contributed by atoms with E-state index in [-0.39, 0.29) is 11.8 Å². The standard InChI is InChI=1S/C15H18ClNO2/c16-8-9-17(11-4-3-5-11)15(18)13-10-19-14-7-2-1-6-12(13)14/h1-2,6-7,11,13H,3-5,8-10H2. The lowest BCUT2D eigenvalue weighted by Crippen LogP contribution is -2.47. The van der Waals surface area contributed by atoms with E-state index in [1.807, 2.05) is 29.2 Å². The molecule has 0 bridgehead atoms. The number of nitrogens with zero attached hydrogens (tertiary/aromatic N) is 1. The van der Waals surface area contributed by atoms with Crippen molar-refractivity contribution in [2.45, 2.75) is 31.2 Å². The van der Waals surface area contributed by atoms with Gasteiger partial charge in [0, 0.05) is 24.0 Å². The molecule has 1 aliphatic carbocycles. The zero-order valence-corrected chi connectivity index (χ0v) is 11.6. The monoisotopic (exact) mass is 279 g/mol. The summed E-state index contributed by atoms with van der Waals surface area (Å²) in [5, 5.41) is 0. The molecule has 1 amide bonds. The molecule has 102 valence electrons. The van der Waals surface area contributed by atoms with E-state index < -0.39 is 0 Å². The van der Waals surface area contributed by atoms with Crippen LogP contribution in [-0.4, -0.2) is 35.9 Å². The molecule has 3 nitrogen and oxygen atoms in total. The molecule has 2 aliphatic rings. The number of ether oxygens (including phenoxy) is 1. The third-order valence-corrected chi connectivity index (χ3v) is 4.29. The topological polar surface area (TPSA) is 29.5 Å². The highest BCUT2D eigenvalue weighted by molar-refractivity contribution is 6.18. The fourth-order valence-corrected chi connectivity index (χ4v) is 3.01. The van der Waals surface area contributed by atoms with Crippen molar-refractivity contribution in [1.82, 2.24) is 4.90 Å². The number of halogens is 1. The molecule has 1 atom stereocenters. The molecular weight excluding hydrogens is 262 g/mol. The fraction of sp³-hybridized carbons (Fsp3) is 0.533. The van der Waals surface area contributed by atoms with Gasteiger partial charge < -0.3 is 9.64 Å². The lowest BCUT2D eigenvalue weighted by Gasteiger charge is -2.38. The van der Waals surface area contributed by atoms with Crippen LogP contribution in [-0.2, 0) is 4.79 Å². The largest absolute Gasteiger partial charge is 0.492 e. The van der Waals surface area contributed by atoms with Gasteiger partial charge >= 0.3 is 0 Å². The molecule has 1 unspecified atom stereocenters. The zero-order valence-electron chi connectivity index (χ0n) is 10.8. The van der Waals surface area contributed by atoms with Crippen molar-refractivity contribution in [3.63, 3.8) is 0 Å². The molecule has 0 saturated heterocycles. The van der Waals surface area contributed by atoms with Crippen LogP contribution in [0.4, 0.5) is 0 Å². The van der Waals surface area contributed by atoms with Crippen molar-refractivity contribution in [2.75, 3.05) is 19.0 Å². The van der Waals surface area contributed by atoms with Crippen molar-refractivity contribution in [3.05, 3.63) is 29.8 Å². The van der Waals surface area contributed by atoms with Crippen molar-refractivity contribution >= 4 is 17.5 Å². The average molecular weight is 280 g/mol. The summed E-state index contributed by atoms with van der Waals surface area (Å²) in [6, 6.07) is 8.21. The summed E-state index contributed by atoms with van der Waals surface area (Å²) in [6.07, 6.45) is 3.43. The van der Waals surface area contributed by atoms with Crippen molar-refractivity contribution in [1.29, 1.82) is 0 Å². The first kappa shape index (κ1) is 12.8. The number of alkyl halides is 1. The van der Waals surface area contributed by atoms with Crippen LogP contribution < -0.4 is 4.74 Å². The number of benzene rings is 1. The first-order chi connectivity index (χ1) is 9.31. The van der Waals surface area contributed by atoms with E-state index in [9.17, 15) is 4.79 Å². The Morgan fingerprint density at radius 3 is 2.84 bits per heavy atom. The number of carbonyl (C=O) groups is 1. The van der Waals surface area contributed by atoms with E-state index in [1.54, 1.807) is 0 Å². The highest BCUT2D eigenvalue weighted by Gasteiger charge is 2.37. The molecule has 1 aromatic carbocycles. The van der Waals surface area contributed by atoms with Gasteiger partial charge in [0.25, 0.3) is 0 Å². The fourth-order valence-electron chi connectivity index (χ4n) is 2.83. The van der Waals surface area contributed by atoms with Gasteiger partial charge in [-0.1, -0.05) is 18.2 Å². The number of rotatable bonds is 4. The summed E-state index contributed by atoms with van der Waals surface area (Å²) in [7, 11) is 0. The molecular formula is C15H18ClNO2. The minimum atomic E-state index is -0.153. The highest BCUT2D eigenvalue weighted by atomic mass is 35.5. The van der Waals surface area contributed by atoms with E-state index in [2.05, 4.69) is 0 Å². The first-order valence-corrected chi connectivity index (χ1v) is 7.43. The maximum absolute atomic E-state index is 12.7. The van der Waals surface area contributed by atoms with Crippen LogP contribution in [0.5, 0.6) is 5.75 Å². The summed E-state index contributed by atoms with van der Waals surface area (Å²) in [6.45, 7) is 1.10. The number of hydrogen-bond donors (Lipinski definition) is 0. The lowest BCUT2D eigenvalue weighted by molar-refractivity contribution is -0.136. The predicted molar refractivity (Wildman–Crippen MR) is 74.8 cm³/mol. The van der Waals surface area contributed by atoms with Crippen molar-refractivity contribution in [2.24, 2.45) is 0 Å². The molecule has 0 spiro atoms. The van der Waals surface area contributed by atoms with E-state index in [4.69, 9.17) is 16.3 Å². The summed E-state index contributed by atoms with van der Waals surface area (Å²) < 4.78 is 5.61. The van der Waals surface area contributed by atoms with Gasteiger partial charge in [0.2, 0.25) is 5.91 Å². The molecule has 0 radical (unpaired) electrons. The minimum Gasteiger partial charge on any atom is -0.492 e. The molecule has 1 aliphatic heterocycles. The number of carbonyl (C=O) groups excluding carboxylic acids is 1. The van der Waals surface area contributed by atoms with Gasteiger partial charge in [0.1, 0.15) is 18.3 Å². The van der Waals surface area contributed by atoms with Crippen LogP contribution >= 0.6 is 11.6 Å². The smallest absolute Gasteiger partial charge is 0.234 e. The molecule has 1 heterocycles. The highest BCUT2D eigenvalue weighted by Crippen LogP contribution is 2.36. The predicted octanol–water partition coefficient (Wildman–Crippen LogP) is 2.78. The number of fused-ring (bicyclic) bond motifs is 1. The Bertz CT molecular complexity index is 473. The van der Waals surface area contributed by atoms with Gasteiger partial charge in [0.15, 0.2) is 0 Å². The molecule has 19 heavy (non-hydrogen) atoms. The van der Waals surface area contributed by atoms with Gasteiger partial charge in [-0.3, -0.25) is 4.79 Å². The molecule has 4 heteroatoms. The average Bonchev–Trinajstić information content (AvgIpc) is 2.79. The Hall–Kier alpha value is -1.22. The van der Waals surface area contributed by atoms with Crippen molar-refractivity contribution < 1.29 is 9.53 Å². The van der Waals surface area contributed by atoms with E-state index in [1.165, 1.54) is 6.42 Å². The minimum absolute atomic E-state index is 0.153. The second kappa shape index (κ2) is 5.41. The Balaban J connectivity index is 1.79. The van der Waals surface area contributed by atoms with E-state index in [0.29, 0.717) is 25.1 Å². The summed E-state index contributed by atoms with van der Waals surface area (Å²) in [5.41, 5.74) is 1.02. The molecule has 3 rings (SSSR count). The van der Waals surface area contributed by atoms with Gasteiger partial charge in [-0.05, 0) is 25.3 Å². The molecule has 1 aromatic rings. The van der Waals surface area contributed by atoms with Crippen molar-refractivity contribution in [3.8, 4) is 5.75 Å². The first-order valence-electron chi connectivity index (χ1n) is 6.89. The molecule has 0 N–H and O–H groups in total. The van der Waals surface area contributed by atoms with Crippen LogP contribution in [0.3, 0.4) is 0 Å². The quantitative estimate of drug-likeness (QED) is 0.793. The number of para-hydroxylation sites is 1. The van der Waals surface area contributed by atoms with Gasteiger partial charge in [-0.15, -0.1) is 11.6 Å². The third kappa shape index (κ3) is 2.32. The van der Waals surface area contributed by atoms with Crippen LogP contribution in [0, 0.1) is 0 Å². The molecule has 1 fully saturated rings. The van der Waals surface area contributed by atoms with Gasteiger partial charge in [0.05, 0.1) is 0 Å². The Morgan fingerprint density at radius 2 is 2.16 bits per heavy atom. The molecule has 0 aromatic heterocycles. The van der Waals surface area contributed by atoms with Crippen LogP contribution in [0.25, 0.3) is 0 Å². The van der Waals surface area contributed by atoms with Gasteiger partial charge in [-0.2, -0.15) is 0 Å². The maximum Gasteiger partial charge on any atom is 0.234 e. The SMILES string of the molecule is O=C(C1COc2ccccc21)N(CCCl)C1CCC1. The van der Waals surface area contributed by atoms with E-state index in [0.717, 1.165) is 24.2 Å². The summed E-state index contributed by atoms with van der Waals surface area (Å²) >= 11 is 5.85. The normalized spacial score (nSPS) is 21.4. The van der Waals surface area contributed by atoms with Gasteiger partial charge in [-0.25, -0.2) is 0 Å². The Morgan fingerprint density at radius 1 is 1.37 bits per heavy atom. The Labute approximate surface area is 118 Å². The maximum atomic E-state index is 12.7. The van der Waals surface area contributed by atoms with E-state index >= 15 is 0 Å². The summed E-state index contributed by atoms with van der Waals surface area (Å²) in [5.74, 6) is 1.37.